The maximum Gasteiger partial charge on any atom is 0.223 e. The first-order valence-corrected chi connectivity index (χ1v) is 9.81. The SMILES string of the molecule is COc1ccc(OC)c(CN(C(=O)CC2(CN)CCCCC2)C2CC2)c1. The predicted octanol–water partition coefficient (Wildman–Crippen LogP) is 3.49. The second-order valence-electron chi connectivity index (χ2n) is 7.87. The number of hydrogen-bond donors (Lipinski definition) is 1. The molecule has 5 nitrogen and oxygen atoms in total. The Kier molecular flexibility index (Phi) is 6.07. The van der Waals surface area contributed by atoms with E-state index in [0.29, 0.717) is 25.6 Å². The molecule has 1 amide bonds. The Bertz CT molecular complexity index is 622. The van der Waals surface area contributed by atoms with Gasteiger partial charge in [-0.1, -0.05) is 19.3 Å². The highest BCUT2D eigenvalue weighted by Crippen LogP contribution is 2.40. The molecule has 2 aliphatic carbocycles. The number of carbonyl (C=O) groups is 1. The van der Waals surface area contributed by atoms with Gasteiger partial charge in [-0.3, -0.25) is 4.79 Å². The molecule has 0 radical (unpaired) electrons. The van der Waals surface area contributed by atoms with Crippen LogP contribution in [0.25, 0.3) is 0 Å². The number of hydrogen-bond acceptors (Lipinski definition) is 4. The third kappa shape index (κ3) is 4.32. The number of ether oxygens (including phenoxy) is 2. The summed E-state index contributed by atoms with van der Waals surface area (Å²) in [6, 6.07) is 6.13. The minimum absolute atomic E-state index is 0.000930. The summed E-state index contributed by atoms with van der Waals surface area (Å²) >= 11 is 0. The largest absolute Gasteiger partial charge is 0.497 e. The van der Waals surface area contributed by atoms with Crippen LogP contribution in [0.4, 0.5) is 0 Å². The third-order valence-corrected chi connectivity index (χ3v) is 6.01. The zero-order valence-electron chi connectivity index (χ0n) is 16.1. The summed E-state index contributed by atoms with van der Waals surface area (Å²) in [5.41, 5.74) is 7.11. The third-order valence-electron chi connectivity index (χ3n) is 6.01. The van der Waals surface area contributed by atoms with Crippen molar-refractivity contribution in [2.24, 2.45) is 11.1 Å². The molecule has 144 valence electrons. The summed E-state index contributed by atoms with van der Waals surface area (Å²) in [7, 11) is 3.32. The fraction of sp³-hybridized carbons (Fsp3) is 0.667. The molecule has 0 saturated heterocycles. The van der Waals surface area contributed by atoms with E-state index >= 15 is 0 Å². The Morgan fingerprint density at radius 3 is 2.50 bits per heavy atom. The molecule has 0 heterocycles. The first kappa shape index (κ1) is 19.0. The Morgan fingerprint density at radius 2 is 1.92 bits per heavy atom. The maximum absolute atomic E-state index is 13.2. The second kappa shape index (κ2) is 8.30. The summed E-state index contributed by atoms with van der Waals surface area (Å²) in [6.07, 6.45) is 8.57. The van der Waals surface area contributed by atoms with Crippen LogP contribution in [0.1, 0.15) is 56.9 Å². The summed E-state index contributed by atoms with van der Waals surface area (Å²) < 4.78 is 10.9. The van der Waals surface area contributed by atoms with Crippen molar-refractivity contribution < 1.29 is 14.3 Å². The van der Waals surface area contributed by atoms with Crippen LogP contribution in [0.15, 0.2) is 18.2 Å². The van der Waals surface area contributed by atoms with Gasteiger partial charge >= 0.3 is 0 Å². The molecule has 5 heteroatoms. The Labute approximate surface area is 156 Å². The summed E-state index contributed by atoms with van der Waals surface area (Å²) in [6.45, 7) is 1.18. The standard InChI is InChI=1S/C21H32N2O3/c1-25-18-8-9-19(26-2)16(12-18)14-23(17-6-7-17)20(24)13-21(15-22)10-4-3-5-11-21/h8-9,12,17H,3-7,10-11,13-15,22H2,1-2H3. The van der Waals surface area contributed by atoms with Gasteiger partial charge in [0.1, 0.15) is 11.5 Å². The van der Waals surface area contributed by atoms with E-state index in [-0.39, 0.29) is 11.3 Å². The molecule has 0 spiro atoms. The van der Waals surface area contributed by atoms with E-state index in [0.717, 1.165) is 42.7 Å². The van der Waals surface area contributed by atoms with Crippen molar-refractivity contribution in [1.29, 1.82) is 0 Å². The van der Waals surface area contributed by atoms with Crippen molar-refractivity contribution in [1.82, 2.24) is 4.90 Å². The lowest BCUT2D eigenvalue weighted by Crippen LogP contribution is -2.41. The first-order valence-electron chi connectivity index (χ1n) is 9.81. The molecule has 1 aromatic carbocycles. The summed E-state index contributed by atoms with van der Waals surface area (Å²) in [4.78, 5) is 15.3. The Hall–Kier alpha value is -1.75. The van der Waals surface area contributed by atoms with Crippen LogP contribution in [0.5, 0.6) is 11.5 Å². The van der Waals surface area contributed by atoms with Gasteiger partial charge in [0.05, 0.1) is 14.2 Å². The van der Waals surface area contributed by atoms with Gasteiger partial charge in [0.25, 0.3) is 0 Å². The van der Waals surface area contributed by atoms with Crippen LogP contribution in [-0.2, 0) is 11.3 Å². The van der Waals surface area contributed by atoms with E-state index in [1.807, 2.05) is 23.1 Å². The average Bonchev–Trinajstić information content (AvgIpc) is 3.51. The number of nitrogens with zero attached hydrogens (tertiary/aromatic N) is 1. The Morgan fingerprint density at radius 1 is 1.19 bits per heavy atom. The number of nitrogens with two attached hydrogens (primary N) is 1. The van der Waals surface area contributed by atoms with Crippen molar-refractivity contribution in [2.45, 2.75) is 64.0 Å². The fourth-order valence-electron chi connectivity index (χ4n) is 4.17. The number of benzene rings is 1. The molecule has 2 aliphatic rings. The molecule has 0 unspecified atom stereocenters. The van der Waals surface area contributed by atoms with Crippen molar-refractivity contribution >= 4 is 5.91 Å². The van der Waals surface area contributed by atoms with E-state index in [4.69, 9.17) is 15.2 Å². The monoisotopic (exact) mass is 360 g/mol. The van der Waals surface area contributed by atoms with E-state index in [1.54, 1.807) is 14.2 Å². The minimum atomic E-state index is 0.000930. The summed E-state index contributed by atoms with van der Waals surface area (Å²) in [5, 5.41) is 0. The number of carbonyl (C=O) groups excluding carboxylic acids is 1. The smallest absolute Gasteiger partial charge is 0.223 e. The first-order chi connectivity index (χ1) is 12.6. The molecule has 2 fully saturated rings. The van der Waals surface area contributed by atoms with Gasteiger partial charge in [-0.25, -0.2) is 0 Å². The minimum Gasteiger partial charge on any atom is -0.497 e. The molecule has 2 saturated carbocycles. The van der Waals surface area contributed by atoms with Crippen LogP contribution in [-0.4, -0.2) is 37.6 Å². The van der Waals surface area contributed by atoms with Crippen LogP contribution in [0.3, 0.4) is 0 Å². The molecular formula is C21H32N2O3. The quantitative estimate of drug-likeness (QED) is 0.771. The van der Waals surface area contributed by atoms with E-state index in [2.05, 4.69) is 0 Å². The van der Waals surface area contributed by atoms with Crippen molar-refractivity contribution in [3.05, 3.63) is 23.8 Å². The maximum atomic E-state index is 13.2. The lowest BCUT2D eigenvalue weighted by atomic mass is 9.71. The summed E-state index contributed by atoms with van der Waals surface area (Å²) in [5.74, 6) is 1.83. The van der Waals surface area contributed by atoms with Crippen LogP contribution in [0, 0.1) is 5.41 Å². The molecule has 1 aromatic rings. The molecule has 2 N–H and O–H groups in total. The molecule has 0 atom stereocenters. The van der Waals surface area contributed by atoms with Gasteiger partial charge in [0.2, 0.25) is 5.91 Å². The number of amides is 1. The van der Waals surface area contributed by atoms with Crippen molar-refractivity contribution in [3.63, 3.8) is 0 Å². The van der Waals surface area contributed by atoms with Gasteiger partial charge in [-0.2, -0.15) is 0 Å². The number of methoxy groups -OCH3 is 2. The van der Waals surface area contributed by atoms with E-state index in [1.165, 1.54) is 19.3 Å². The highest BCUT2D eigenvalue weighted by molar-refractivity contribution is 5.78. The van der Waals surface area contributed by atoms with Gasteiger partial charge in [0.15, 0.2) is 0 Å². The highest BCUT2D eigenvalue weighted by Gasteiger charge is 2.38. The zero-order chi connectivity index (χ0) is 18.6. The van der Waals surface area contributed by atoms with Gasteiger partial charge < -0.3 is 20.1 Å². The van der Waals surface area contributed by atoms with Crippen LogP contribution in [0.2, 0.25) is 0 Å². The molecule has 26 heavy (non-hydrogen) atoms. The average molecular weight is 360 g/mol. The van der Waals surface area contributed by atoms with E-state index in [9.17, 15) is 4.79 Å². The van der Waals surface area contributed by atoms with Crippen molar-refractivity contribution in [3.8, 4) is 11.5 Å². The second-order valence-corrected chi connectivity index (χ2v) is 7.87. The normalized spacial score (nSPS) is 19.0. The van der Waals surface area contributed by atoms with Crippen molar-refractivity contribution in [2.75, 3.05) is 20.8 Å². The predicted molar refractivity (Wildman–Crippen MR) is 102 cm³/mol. The number of rotatable bonds is 8. The molecular weight excluding hydrogens is 328 g/mol. The van der Waals surface area contributed by atoms with Gasteiger partial charge in [0, 0.05) is 24.6 Å². The molecule has 0 aromatic heterocycles. The molecule has 0 bridgehead atoms. The lowest BCUT2D eigenvalue weighted by molar-refractivity contribution is -0.135. The van der Waals surface area contributed by atoms with Crippen LogP contribution < -0.4 is 15.2 Å². The topological polar surface area (TPSA) is 64.8 Å². The Balaban J connectivity index is 1.76. The molecule has 0 aliphatic heterocycles. The molecule has 3 rings (SSSR count). The van der Waals surface area contributed by atoms with E-state index < -0.39 is 0 Å². The fourth-order valence-corrected chi connectivity index (χ4v) is 4.17. The lowest BCUT2D eigenvalue weighted by Gasteiger charge is -2.37. The van der Waals surface area contributed by atoms with Gasteiger partial charge in [-0.15, -0.1) is 0 Å². The van der Waals surface area contributed by atoms with Gasteiger partial charge in [-0.05, 0) is 55.8 Å². The zero-order valence-corrected chi connectivity index (χ0v) is 16.1. The van der Waals surface area contributed by atoms with Crippen LogP contribution >= 0.6 is 0 Å². The highest BCUT2D eigenvalue weighted by atomic mass is 16.5.